The van der Waals surface area contributed by atoms with Gasteiger partial charge in [-0.2, -0.15) is 0 Å². The van der Waals surface area contributed by atoms with Crippen LogP contribution in [-0.4, -0.2) is 31.1 Å². The molecule has 142 valence electrons. The molecule has 1 aromatic heterocycles. The van der Waals surface area contributed by atoms with E-state index in [2.05, 4.69) is 55.9 Å². The van der Waals surface area contributed by atoms with Gasteiger partial charge in [-0.3, -0.25) is 0 Å². The van der Waals surface area contributed by atoms with E-state index < -0.39 is 0 Å². The van der Waals surface area contributed by atoms with Crippen LogP contribution in [0.25, 0.3) is 11.3 Å². The van der Waals surface area contributed by atoms with Gasteiger partial charge in [-0.1, -0.05) is 29.8 Å². The molecule has 2 rings (SSSR count). The van der Waals surface area contributed by atoms with E-state index in [4.69, 9.17) is 4.42 Å². The van der Waals surface area contributed by atoms with Gasteiger partial charge in [-0.25, -0.2) is 0 Å². The van der Waals surface area contributed by atoms with E-state index in [0.29, 0.717) is 0 Å². The number of nitrogens with zero attached hydrogens (tertiary/aromatic N) is 1. The van der Waals surface area contributed by atoms with Crippen LogP contribution in [0.5, 0.6) is 0 Å². The minimum atomic E-state index is 0. The van der Waals surface area contributed by atoms with E-state index in [1.165, 1.54) is 0 Å². The van der Waals surface area contributed by atoms with Gasteiger partial charge >= 0.3 is 0 Å². The fourth-order valence-electron chi connectivity index (χ4n) is 2.49. The lowest BCUT2D eigenvalue weighted by Gasteiger charge is -2.17. The number of furan rings is 1. The molecule has 1 N–H and O–H groups in total. The normalized spacial score (nSPS) is 10.4. The molecule has 2 aromatic rings. The van der Waals surface area contributed by atoms with Crippen LogP contribution >= 0.6 is 56.7 Å². The molecule has 1 aromatic carbocycles. The molecular weight excluding hydrogens is 491 g/mol. The van der Waals surface area contributed by atoms with Crippen LogP contribution in [0.3, 0.4) is 0 Å². The summed E-state index contributed by atoms with van der Waals surface area (Å²) in [7, 11) is 0. The van der Waals surface area contributed by atoms with Crippen molar-refractivity contribution in [3.63, 3.8) is 0 Å². The third-order valence-corrected chi connectivity index (χ3v) is 5.03. The van der Waals surface area contributed by atoms with Crippen molar-refractivity contribution in [2.45, 2.75) is 26.8 Å². The molecule has 0 aliphatic heterocycles. The molecule has 3 nitrogen and oxygen atoms in total. The Balaban J connectivity index is 0.00000288. The van der Waals surface area contributed by atoms with Gasteiger partial charge in [0.05, 0.1) is 6.54 Å². The molecule has 1 heterocycles. The van der Waals surface area contributed by atoms with Crippen LogP contribution in [0.15, 0.2) is 43.7 Å². The summed E-state index contributed by atoms with van der Waals surface area (Å²) >= 11 is 7.05. The number of hydrogen-bond acceptors (Lipinski definition) is 3. The second-order valence-electron chi connectivity index (χ2n) is 5.45. The summed E-state index contributed by atoms with van der Waals surface area (Å²) in [6, 6.07) is 10.2. The molecular formula is C18H26Br2Cl2N2O. The third-order valence-electron chi connectivity index (χ3n) is 3.88. The molecule has 0 saturated heterocycles. The van der Waals surface area contributed by atoms with Gasteiger partial charge < -0.3 is 14.6 Å². The predicted molar refractivity (Wildman–Crippen MR) is 118 cm³/mol. The van der Waals surface area contributed by atoms with E-state index in [1.807, 2.05) is 30.3 Å². The molecule has 0 fully saturated rings. The Bertz CT molecular complexity index is 619. The van der Waals surface area contributed by atoms with Crippen LogP contribution in [0.4, 0.5) is 0 Å². The van der Waals surface area contributed by atoms with E-state index >= 15 is 0 Å². The largest absolute Gasteiger partial charge is 0.460 e. The van der Waals surface area contributed by atoms with Crippen LogP contribution in [0.2, 0.25) is 0 Å². The minimum Gasteiger partial charge on any atom is -0.460 e. The second kappa shape index (κ2) is 13.2. The Morgan fingerprint density at radius 3 is 2.40 bits per heavy atom. The van der Waals surface area contributed by atoms with E-state index in [0.717, 1.165) is 65.2 Å². The van der Waals surface area contributed by atoms with Crippen molar-refractivity contribution in [1.82, 2.24) is 10.2 Å². The molecule has 0 amide bonds. The van der Waals surface area contributed by atoms with Crippen LogP contribution in [0.1, 0.15) is 26.0 Å². The van der Waals surface area contributed by atoms with Gasteiger partial charge in [0.25, 0.3) is 0 Å². The van der Waals surface area contributed by atoms with Gasteiger partial charge in [0.1, 0.15) is 11.5 Å². The summed E-state index contributed by atoms with van der Waals surface area (Å²) in [5.41, 5.74) is 1.07. The summed E-state index contributed by atoms with van der Waals surface area (Å²) in [6.45, 7) is 9.60. The summed E-state index contributed by atoms with van der Waals surface area (Å²) < 4.78 is 8.02. The van der Waals surface area contributed by atoms with Crippen molar-refractivity contribution < 1.29 is 4.42 Å². The summed E-state index contributed by atoms with van der Waals surface area (Å²) in [5.74, 6) is 1.86. The topological polar surface area (TPSA) is 28.4 Å². The number of hydrogen-bond donors (Lipinski definition) is 1. The van der Waals surface area contributed by atoms with E-state index in [-0.39, 0.29) is 24.8 Å². The highest BCUT2D eigenvalue weighted by atomic mass is 79.9. The van der Waals surface area contributed by atoms with Gasteiger partial charge in [-0.15, -0.1) is 24.8 Å². The first kappa shape index (κ1) is 25.0. The quantitative estimate of drug-likeness (QED) is 0.406. The Morgan fingerprint density at radius 1 is 1.04 bits per heavy atom. The highest BCUT2D eigenvalue weighted by molar-refractivity contribution is 9.11. The molecule has 0 aliphatic carbocycles. The molecule has 7 heteroatoms. The predicted octanol–water partition coefficient (Wildman–Crippen LogP) is 6.14. The zero-order chi connectivity index (χ0) is 16.7. The highest BCUT2D eigenvalue weighted by Gasteiger charge is 2.08. The van der Waals surface area contributed by atoms with E-state index in [9.17, 15) is 0 Å². The van der Waals surface area contributed by atoms with Crippen LogP contribution < -0.4 is 5.32 Å². The number of rotatable bonds is 9. The number of halogens is 4. The maximum absolute atomic E-state index is 5.94. The SMILES string of the molecule is CCN(CC)CCCNCc1ccc(-c2ccc(Br)cc2Br)o1.Cl.Cl. The Labute approximate surface area is 180 Å². The minimum absolute atomic E-state index is 0. The smallest absolute Gasteiger partial charge is 0.135 e. The molecule has 0 bridgehead atoms. The van der Waals surface area contributed by atoms with Crippen molar-refractivity contribution in [2.24, 2.45) is 0 Å². The summed E-state index contributed by atoms with van der Waals surface area (Å²) in [5, 5.41) is 3.45. The lowest BCUT2D eigenvalue weighted by atomic mass is 10.2. The number of benzene rings is 1. The number of nitrogens with one attached hydrogen (secondary N) is 1. The van der Waals surface area contributed by atoms with Crippen molar-refractivity contribution >= 4 is 56.7 Å². The third kappa shape index (κ3) is 8.02. The van der Waals surface area contributed by atoms with Crippen molar-refractivity contribution in [1.29, 1.82) is 0 Å². The first-order chi connectivity index (χ1) is 11.1. The fourth-order valence-corrected chi connectivity index (χ4v) is 3.73. The fraction of sp³-hybridized carbons (Fsp3) is 0.444. The molecule has 25 heavy (non-hydrogen) atoms. The van der Waals surface area contributed by atoms with Crippen molar-refractivity contribution in [2.75, 3.05) is 26.2 Å². The van der Waals surface area contributed by atoms with Gasteiger partial charge in [0, 0.05) is 14.5 Å². The first-order valence-electron chi connectivity index (χ1n) is 8.11. The Morgan fingerprint density at radius 2 is 1.76 bits per heavy atom. The monoisotopic (exact) mass is 514 g/mol. The lowest BCUT2D eigenvalue weighted by Crippen LogP contribution is -2.27. The Kier molecular flexibility index (Phi) is 13.2. The van der Waals surface area contributed by atoms with Crippen LogP contribution in [0, 0.1) is 0 Å². The first-order valence-corrected chi connectivity index (χ1v) is 9.69. The highest BCUT2D eigenvalue weighted by Crippen LogP contribution is 2.31. The summed E-state index contributed by atoms with van der Waals surface area (Å²) in [6.07, 6.45) is 1.16. The molecule has 0 aliphatic rings. The maximum Gasteiger partial charge on any atom is 0.135 e. The van der Waals surface area contributed by atoms with Crippen molar-refractivity contribution in [3.8, 4) is 11.3 Å². The molecule has 0 spiro atoms. The molecule has 0 unspecified atom stereocenters. The Hall–Kier alpha value is -0.0400. The summed E-state index contributed by atoms with van der Waals surface area (Å²) in [4.78, 5) is 2.44. The zero-order valence-corrected chi connectivity index (χ0v) is 19.4. The van der Waals surface area contributed by atoms with Gasteiger partial charge in [-0.05, 0) is 78.9 Å². The molecule has 0 atom stereocenters. The second-order valence-corrected chi connectivity index (χ2v) is 7.22. The average molecular weight is 517 g/mol. The zero-order valence-electron chi connectivity index (χ0n) is 14.6. The molecule has 0 saturated carbocycles. The van der Waals surface area contributed by atoms with E-state index in [1.54, 1.807) is 0 Å². The molecule has 0 radical (unpaired) electrons. The maximum atomic E-state index is 5.94. The average Bonchev–Trinajstić information content (AvgIpc) is 2.99. The standard InChI is InChI=1S/C18H24Br2N2O.2ClH/c1-3-22(4-2)11-5-10-21-13-15-7-9-18(23-15)16-8-6-14(19)12-17(16)20;;/h6-9,12,21H,3-5,10-11,13H2,1-2H3;2*1H. The van der Waals surface area contributed by atoms with Gasteiger partial charge in [0.2, 0.25) is 0 Å². The van der Waals surface area contributed by atoms with Crippen LogP contribution in [-0.2, 0) is 6.54 Å². The van der Waals surface area contributed by atoms with Gasteiger partial charge in [0.15, 0.2) is 0 Å². The van der Waals surface area contributed by atoms with Crippen molar-refractivity contribution in [3.05, 3.63) is 45.0 Å². The lowest BCUT2D eigenvalue weighted by molar-refractivity contribution is 0.297.